The van der Waals surface area contributed by atoms with E-state index in [0.717, 1.165) is 16.1 Å². The van der Waals surface area contributed by atoms with Gasteiger partial charge in [0.2, 0.25) is 5.82 Å². The summed E-state index contributed by atoms with van der Waals surface area (Å²) < 4.78 is 5.34. The molecule has 0 aliphatic heterocycles. The molecule has 0 aliphatic carbocycles. The molecule has 0 saturated carbocycles. The van der Waals surface area contributed by atoms with Gasteiger partial charge in [-0.25, -0.2) is 0 Å². The van der Waals surface area contributed by atoms with E-state index in [4.69, 9.17) is 16.1 Å². The molecular formula is C15H10ClN5OS. The van der Waals surface area contributed by atoms with Crippen LogP contribution in [0.5, 0.6) is 0 Å². The molecule has 1 aromatic carbocycles. The molecule has 0 amide bonds. The maximum atomic E-state index is 5.89. The van der Waals surface area contributed by atoms with Crippen molar-refractivity contribution < 1.29 is 4.52 Å². The molecule has 0 N–H and O–H groups in total. The minimum Gasteiger partial charge on any atom is -0.359 e. The van der Waals surface area contributed by atoms with Crippen LogP contribution in [0.1, 0.15) is 5.76 Å². The Bertz CT molecular complexity index is 914. The van der Waals surface area contributed by atoms with E-state index in [1.54, 1.807) is 11.3 Å². The van der Waals surface area contributed by atoms with E-state index in [0.29, 0.717) is 23.2 Å². The summed E-state index contributed by atoms with van der Waals surface area (Å²) in [5.41, 5.74) is 1.69. The van der Waals surface area contributed by atoms with Gasteiger partial charge in [-0.1, -0.05) is 35.0 Å². The molecule has 3 heterocycles. The van der Waals surface area contributed by atoms with Gasteiger partial charge in [0.25, 0.3) is 0 Å². The molecular weight excluding hydrogens is 334 g/mol. The fourth-order valence-corrected chi connectivity index (χ4v) is 2.87. The number of halogens is 1. The topological polar surface area (TPSA) is 69.6 Å². The molecule has 0 fully saturated rings. The summed E-state index contributed by atoms with van der Waals surface area (Å²) in [7, 11) is 0. The third kappa shape index (κ3) is 3.01. The monoisotopic (exact) mass is 343 g/mol. The van der Waals surface area contributed by atoms with Gasteiger partial charge in [-0.05, 0) is 28.8 Å². The van der Waals surface area contributed by atoms with Gasteiger partial charge in [0.05, 0.1) is 4.88 Å². The second-order valence-corrected chi connectivity index (χ2v) is 6.19. The fourth-order valence-electron chi connectivity index (χ4n) is 2.10. The number of hydrogen-bond acceptors (Lipinski definition) is 6. The van der Waals surface area contributed by atoms with E-state index < -0.39 is 0 Å². The first-order chi connectivity index (χ1) is 11.3. The summed E-state index contributed by atoms with van der Waals surface area (Å²) in [6, 6.07) is 13.2. The van der Waals surface area contributed by atoms with E-state index in [-0.39, 0.29) is 0 Å². The Morgan fingerprint density at radius 3 is 2.83 bits per heavy atom. The lowest BCUT2D eigenvalue weighted by molar-refractivity contribution is 0.364. The number of rotatable bonds is 4. The Hall–Kier alpha value is -2.51. The number of hydrogen-bond donors (Lipinski definition) is 0. The molecule has 0 bridgehead atoms. The maximum absolute atomic E-state index is 5.89. The quantitative estimate of drug-likeness (QED) is 0.564. The summed E-state index contributed by atoms with van der Waals surface area (Å²) in [6.45, 7) is 0.374. The highest BCUT2D eigenvalue weighted by Crippen LogP contribution is 2.22. The average Bonchev–Trinajstić information content (AvgIpc) is 3.29. The van der Waals surface area contributed by atoms with Crippen molar-refractivity contribution in [3.63, 3.8) is 0 Å². The highest BCUT2D eigenvalue weighted by atomic mass is 35.5. The van der Waals surface area contributed by atoms with Gasteiger partial charge in [0, 0.05) is 16.7 Å². The first kappa shape index (κ1) is 14.1. The lowest BCUT2D eigenvalue weighted by Crippen LogP contribution is -2.02. The van der Waals surface area contributed by atoms with Crippen molar-refractivity contribution in [1.82, 2.24) is 25.4 Å². The number of tetrazole rings is 1. The lowest BCUT2D eigenvalue weighted by atomic mass is 10.1. The average molecular weight is 344 g/mol. The molecule has 0 spiro atoms. The van der Waals surface area contributed by atoms with E-state index in [9.17, 15) is 0 Å². The SMILES string of the molecule is Clc1ccc(-c2cc(Cn3nnc(-c4cccs4)n3)on2)cc1. The molecule has 0 aliphatic rings. The molecule has 4 rings (SSSR count). The lowest BCUT2D eigenvalue weighted by Gasteiger charge is -1.94. The first-order valence-corrected chi connectivity index (χ1v) is 8.07. The van der Waals surface area contributed by atoms with Crippen molar-refractivity contribution in [1.29, 1.82) is 0 Å². The van der Waals surface area contributed by atoms with Gasteiger partial charge in [-0.15, -0.1) is 21.5 Å². The largest absolute Gasteiger partial charge is 0.359 e. The van der Waals surface area contributed by atoms with Crippen molar-refractivity contribution in [2.45, 2.75) is 6.54 Å². The molecule has 114 valence electrons. The van der Waals surface area contributed by atoms with Crippen molar-refractivity contribution in [2.75, 3.05) is 0 Å². The highest BCUT2D eigenvalue weighted by molar-refractivity contribution is 7.13. The summed E-state index contributed by atoms with van der Waals surface area (Å²) >= 11 is 7.46. The minimum absolute atomic E-state index is 0.374. The van der Waals surface area contributed by atoms with Crippen LogP contribution in [0.25, 0.3) is 22.0 Å². The van der Waals surface area contributed by atoms with Crippen LogP contribution < -0.4 is 0 Å². The van der Waals surface area contributed by atoms with E-state index >= 15 is 0 Å². The molecule has 8 heteroatoms. The van der Waals surface area contributed by atoms with E-state index in [1.807, 2.05) is 47.8 Å². The number of thiophene rings is 1. The summed E-state index contributed by atoms with van der Waals surface area (Å²) in [6.07, 6.45) is 0. The van der Waals surface area contributed by atoms with Gasteiger partial charge >= 0.3 is 0 Å². The molecule has 6 nitrogen and oxygen atoms in total. The predicted molar refractivity (Wildman–Crippen MR) is 87.2 cm³/mol. The zero-order valence-corrected chi connectivity index (χ0v) is 13.3. The Labute approximate surface area is 140 Å². The van der Waals surface area contributed by atoms with Gasteiger partial charge in [-0.3, -0.25) is 0 Å². The molecule has 0 atom stereocenters. The smallest absolute Gasteiger partial charge is 0.214 e. The molecule has 23 heavy (non-hydrogen) atoms. The van der Waals surface area contributed by atoms with Crippen LogP contribution in [0, 0.1) is 0 Å². The van der Waals surface area contributed by atoms with Gasteiger partial charge in [0.1, 0.15) is 12.2 Å². The Morgan fingerprint density at radius 2 is 2.04 bits per heavy atom. The van der Waals surface area contributed by atoms with Gasteiger partial charge < -0.3 is 4.52 Å². The second kappa shape index (κ2) is 5.94. The zero-order chi connectivity index (χ0) is 15.6. The van der Waals surface area contributed by atoms with Crippen LogP contribution in [0.3, 0.4) is 0 Å². The second-order valence-electron chi connectivity index (χ2n) is 4.81. The number of benzene rings is 1. The van der Waals surface area contributed by atoms with Crippen molar-refractivity contribution >= 4 is 22.9 Å². The van der Waals surface area contributed by atoms with Crippen molar-refractivity contribution in [3.8, 4) is 22.0 Å². The molecule has 0 unspecified atom stereocenters. The summed E-state index contributed by atoms with van der Waals surface area (Å²) in [4.78, 5) is 2.47. The van der Waals surface area contributed by atoms with Gasteiger partial charge in [-0.2, -0.15) is 4.80 Å². The third-order valence-electron chi connectivity index (χ3n) is 3.19. The minimum atomic E-state index is 0.374. The normalized spacial score (nSPS) is 11.0. The zero-order valence-electron chi connectivity index (χ0n) is 11.8. The van der Waals surface area contributed by atoms with E-state index in [2.05, 4.69) is 20.6 Å². The van der Waals surface area contributed by atoms with Crippen LogP contribution in [0.15, 0.2) is 52.4 Å². The standard InChI is InChI=1S/C15H10ClN5OS/c16-11-5-3-10(4-6-11)13-8-12(22-19-13)9-21-18-15(17-20-21)14-2-1-7-23-14/h1-8H,9H2. The van der Waals surface area contributed by atoms with Crippen molar-refractivity contribution in [2.24, 2.45) is 0 Å². The van der Waals surface area contributed by atoms with Crippen LogP contribution in [-0.4, -0.2) is 25.4 Å². The summed E-state index contributed by atoms with van der Waals surface area (Å²) in [5.74, 6) is 1.27. The Kier molecular flexibility index (Phi) is 3.64. The molecule has 4 aromatic rings. The van der Waals surface area contributed by atoms with Crippen LogP contribution in [0.2, 0.25) is 5.02 Å². The van der Waals surface area contributed by atoms with Crippen molar-refractivity contribution in [3.05, 3.63) is 58.6 Å². The Morgan fingerprint density at radius 1 is 1.17 bits per heavy atom. The first-order valence-electron chi connectivity index (χ1n) is 6.81. The molecule has 0 radical (unpaired) electrons. The van der Waals surface area contributed by atoms with E-state index in [1.165, 1.54) is 4.80 Å². The van der Waals surface area contributed by atoms with Crippen LogP contribution in [-0.2, 0) is 6.54 Å². The number of aromatic nitrogens is 5. The predicted octanol–water partition coefficient (Wildman–Crippen LogP) is 3.76. The molecule has 3 aromatic heterocycles. The highest BCUT2D eigenvalue weighted by Gasteiger charge is 2.11. The number of nitrogens with zero attached hydrogens (tertiary/aromatic N) is 5. The van der Waals surface area contributed by atoms with Crippen LogP contribution >= 0.6 is 22.9 Å². The van der Waals surface area contributed by atoms with Gasteiger partial charge in [0.15, 0.2) is 5.76 Å². The summed E-state index contributed by atoms with van der Waals surface area (Å²) in [5, 5.41) is 19.2. The maximum Gasteiger partial charge on any atom is 0.214 e. The Balaban J connectivity index is 1.53. The third-order valence-corrected chi connectivity index (χ3v) is 4.31. The molecule has 0 saturated heterocycles. The fraction of sp³-hybridized carbons (Fsp3) is 0.0667. The van der Waals surface area contributed by atoms with Crippen LogP contribution in [0.4, 0.5) is 0 Å².